The molecule has 0 radical (unpaired) electrons. The molecule has 0 aliphatic carbocycles. The SMILES string of the molecule is Nc1ccc(C#CCO)nc1. The molecular weight excluding hydrogens is 140 g/mol. The van der Waals surface area contributed by atoms with Gasteiger partial charge in [-0.25, -0.2) is 4.98 Å². The van der Waals surface area contributed by atoms with Crippen LogP contribution < -0.4 is 5.73 Å². The Morgan fingerprint density at radius 1 is 1.55 bits per heavy atom. The van der Waals surface area contributed by atoms with E-state index in [1.54, 1.807) is 12.1 Å². The van der Waals surface area contributed by atoms with Gasteiger partial charge in [-0.1, -0.05) is 5.92 Å². The van der Waals surface area contributed by atoms with Gasteiger partial charge in [0.15, 0.2) is 0 Å². The maximum Gasteiger partial charge on any atom is 0.113 e. The van der Waals surface area contributed by atoms with Crippen molar-refractivity contribution in [2.75, 3.05) is 12.3 Å². The van der Waals surface area contributed by atoms with Crippen molar-refractivity contribution in [1.82, 2.24) is 4.98 Å². The van der Waals surface area contributed by atoms with Crippen molar-refractivity contribution >= 4 is 5.69 Å². The summed E-state index contributed by atoms with van der Waals surface area (Å²) in [6.45, 7) is -0.147. The summed E-state index contributed by atoms with van der Waals surface area (Å²) >= 11 is 0. The summed E-state index contributed by atoms with van der Waals surface area (Å²) in [5.74, 6) is 5.14. The van der Waals surface area contributed by atoms with Crippen LogP contribution in [0.3, 0.4) is 0 Å². The fourth-order valence-electron chi connectivity index (χ4n) is 0.609. The van der Waals surface area contributed by atoms with Gasteiger partial charge < -0.3 is 10.8 Å². The Labute approximate surface area is 64.9 Å². The van der Waals surface area contributed by atoms with Gasteiger partial charge in [0, 0.05) is 0 Å². The standard InChI is InChI=1S/C8H8N2O/c9-7-3-4-8(10-6-7)2-1-5-11/h3-4,6,11H,5,9H2. The molecule has 1 heterocycles. The van der Waals surface area contributed by atoms with E-state index < -0.39 is 0 Å². The van der Waals surface area contributed by atoms with Crippen LogP contribution in [-0.2, 0) is 0 Å². The average Bonchev–Trinajstić information content (AvgIpc) is 2.04. The number of aliphatic hydroxyl groups excluding tert-OH is 1. The Hall–Kier alpha value is -1.53. The molecule has 1 rings (SSSR count). The lowest BCUT2D eigenvalue weighted by Crippen LogP contribution is -1.87. The van der Waals surface area contributed by atoms with Gasteiger partial charge in [0.1, 0.15) is 12.3 Å². The van der Waals surface area contributed by atoms with Gasteiger partial charge in [-0.15, -0.1) is 0 Å². The van der Waals surface area contributed by atoms with Crippen LogP contribution in [0.5, 0.6) is 0 Å². The first-order valence-electron chi connectivity index (χ1n) is 3.14. The molecule has 0 aromatic carbocycles. The molecule has 0 spiro atoms. The number of hydrogen-bond acceptors (Lipinski definition) is 3. The summed E-state index contributed by atoms with van der Waals surface area (Å²) in [5, 5.41) is 8.36. The molecule has 3 nitrogen and oxygen atoms in total. The quantitative estimate of drug-likeness (QED) is 0.509. The normalized spacial score (nSPS) is 8.45. The van der Waals surface area contributed by atoms with Crippen molar-refractivity contribution in [3.05, 3.63) is 24.0 Å². The summed E-state index contributed by atoms with van der Waals surface area (Å²) in [7, 11) is 0. The molecule has 0 bridgehead atoms. The second-order valence-corrected chi connectivity index (χ2v) is 1.94. The molecule has 0 atom stereocenters. The monoisotopic (exact) mass is 148 g/mol. The highest BCUT2D eigenvalue weighted by molar-refractivity contribution is 5.38. The summed E-state index contributed by atoms with van der Waals surface area (Å²) < 4.78 is 0. The molecule has 0 aliphatic heterocycles. The number of rotatable bonds is 0. The molecule has 0 aliphatic rings. The van der Waals surface area contributed by atoms with Crippen LogP contribution in [0.15, 0.2) is 18.3 Å². The van der Waals surface area contributed by atoms with E-state index in [9.17, 15) is 0 Å². The van der Waals surface area contributed by atoms with Gasteiger partial charge >= 0.3 is 0 Å². The number of hydrogen-bond donors (Lipinski definition) is 2. The van der Waals surface area contributed by atoms with Crippen molar-refractivity contribution in [3.8, 4) is 11.8 Å². The molecule has 1 aromatic rings. The van der Waals surface area contributed by atoms with E-state index in [1.165, 1.54) is 6.20 Å². The van der Waals surface area contributed by atoms with E-state index in [4.69, 9.17) is 10.8 Å². The summed E-state index contributed by atoms with van der Waals surface area (Å²) in [6.07, 6.45) is 1.53. The zero-order valence-corrected chi connectivity index (χ0v) is 5.91. The first kappa shape index (κ1) is 7.58. The number of nitrogens with two attached hydrogens (primary N) is 1. The second kappa shape index (κ2) is 3.59. The summed E-state index contributed by atoms with van der Waals surface area (Å²) in [5.41, 5.74) is 6.62. The highest BCUT2D eigenvalue weighted by atomic mass is 16.2. The highest BCUT2D eigenvalue weighted by Crippen LogP contribution is 1.98. The van der Waals surface area contributed by atoms with E-state index in [-0.39, 0.29) is 6.61 Å². The maximum atomic E-state index is 8.36. The number of pyridine rings is 1. The first-order chi connectivity index (χ1) is 5.33. The molecular formula is C8H8N2O. The molecule has 0 fully saturated rings. The van der Waals surface area contributed by atoms with Gasteiger partial charge in [0.25, 0.3) is 0 Å². The molecule has 3 N–H and O–H groups in total. The van der Waals surface area contributed by atoms with Gasteiger partial charge in [0.2, 0.25) is 0 Å². The third-order valence-electron chi connectivity index (χ3n) is 1.08. The van der Waals surface area contributed by atoms with E-state index in [1.807, 2.05) is 0 Å². The van der Waals surface area contributed by atoms with Crippen LogP contribution >= 0.6 is 0 Å². The first-order valence-corrected chi connectivity index (χ1v) is 3.14. The van der Waals surface area contributed by atoms with Crippen LogP contribution in [0.25, 0.3) is 0 Å². The van der Waals surface area contributed by atoms with Gasteiger partial charge in [-0.2, -0.15) is 0 Å². The van der Waals surface area contributed by atoms with E-state index in [0.717, 1.165) is 0 Å². The van der Waals surface area contributed by atoms with Crippen LogP contribution in [0.4, 0.5) is 5.69 Å². The van der Waals surface area contributed by atoms with Crippen LogP contribution in [0.1, 0.15) is 5.69 Å². The van der Waals surface area contributed by atoms with Crippen molar-refractivity contribution in [2.45, 2.75) is 0 Å². The smallest absolute Gasteiger partial charge is 0.113 e. The summed E-state index contributed by atoms with van der Waals surface area (Å²) in [6, 6.07) is 3.42. The van der Waals surface area contributed by atoms with Crippen molar-refractivity contribution in [3.63, 3.8) is 0 Å². The van der Waals surface area contributed by atoms with Crippen molar-refractivity contribution in [2.24, 2.45) is 0 Å². The van der Waals surface area contributed by atoms with E-state index >= 15 is 0 Å². The number of aliphatic hydroxyl groups is 1. The van der Waals surface area contributed by atoms with E-state index in [0.29, 0.717) is 11.4 Å². The second-order valence-electron chi connectivity index (χ2n) is 1.94. The van der Waals surface area contributed by atoms with Gasteiger partial charge in [-0.05, 0) is 18.1 Å². The third-order valence-corrected chi connectivity index (χ3v) is 1.08. The van der Waals surface area contributed by atoms with Gasteiger partial charge in [0.05, 0.1) is 11.9 Å². The van der Waals surface area contributed by atoms with Crippen molar-refractivity contribution in [1.29, 1.82) is 0 Å². The van der Waals surface area contributed by atoms with E-state index in [2.05, 4.69) is 16.8 Å². The van der Waals surface area contributed by atoms with Gasteiger partial charge in [-0.3, -0.25) is 0 Å². The van der Waals surface area contributed by atoms with Crippen LogP contribution in [0.2, 0.25) is 0 Å². The Kier molecular flexibility index (Phi) is 2.47. The Morgan fingerprint density at radius 3 is 2.91 bits per heavy atom. The topological polar surface area (TPSA) is 59.1 Å². The number of nitrogens with zero attached hydrogens (tertiary/aromatic N) is 1. The molecule has 0 saturated heterocycles. The highest BCUT2D eigenvalue weighted by Gasteiger charge is 1.85. The predicted molar refractivity (Wildman–Crippen MR) is 42.6 cm³/mol. The molecule has 0 unspecified atom stereocenters. The zero-order valence-electron chi connectivity index (χ0n) is 5.91. The number of anilines is 1. The minimum Gasteiger partial charge on any atom is -0.397 e. The average molecular weight is 148 g/mol. The molecule has 1 aromatic heterocycles. The molecule has 11 heavy (non-hydrogen) atoms. The molecule has 3 heteroatoms. The summed E-state index contributed by atoms with van der Waals surface area (Å²) in [4.78, 5) is 3.91. The Bertz CT molecular complexity index is 281. The molecule has 0 amide bonds. The van der Waals surface area contributed by atoms with Crippen LogP contribution in [-0.4, -0.2) is 16.7 Å². The zero-order chi connectivity index (χ0) is 8.10. The van der Waals surface area contributed by atoms with Crippen molar-refractivity contribution < 1.29 is 5.11 Å². The third kappa shape index (κ3) is 2.28. The molecule has 56 valence electrons. The molecule has 0 saturated carbocycles. The maximum absolute atomic E-state index is 8.36. The minimum absolute atomic E-state index is 0.147. The fraction of sp³-hybridized carbons (Fsp3) is 0.125. The lowest BCUT2D eigenvalue weighted by Gasteiger charge is -1.89. The lowest BCUT2D eigenvalue weighted by atomic mass is 10.3. The largest absolute Gasteiger partial charge is 0.397 e. The lowest BCUT2D eigenvalue weighted by molar-refractivity contribution is 0.350. The van der Waals surface area contributed by atoms with Crippen LogP contribution in [0, 0.1) is 11.8 Å². The predicted octanol–water partition coefficient (Wildman–Crippen LogP) is 0.00760. The Balaban J connectivity index is 2.82. The number of aromatic nitrogens is 1. The number of nitrogen functional groups attached to an aromatic ring is 1. The Morgan fingerprint density at radius 2 is 2.36 bits per heavy atom. The fourth-order valence-corrected chi connectivity index (χ4v) is 0.609. The minimum atomic E-state index is -0.147.